The molecule has 1 unspecified atom stereocenters. The molecule has 1 aliphatic carbocycles. The minimum absolute atomic E-state index is 0.0469. The molecule has 12 heteroatoms. The number of furan rings is 1. The Bertz CT molecular complexity index is 1610. The van der Waals surface area contributed by atoms with Crippen LogP contribution in [0.15, 0.2) is 47.1 Å². The van der Waals surface area contributed by atoms with E-state index < -0.39 is 17.6 Å². The van der Waals surface area contributed by atoms with Gasteiger partial charge in [-0.1, -0.05) is 29.8 Å². The second-order valence-electron chi connectivity index (χ2n) is 12.5. The first kappa shape index (κ1) is 33.5. The molecule has 1 atom stereocenters. The maximum absolute atomic E-state index is 15.7. The lowest BCUT2D eigenvalue weighted by atomic mass is 9.87. The van der Waals surface area contributed by atoms with Crippen LogP contribution in [0.1, 0.15) is 61.4 Å². The third kappa shape index (κ3) is 6.82. The second kappa shape index (κ2) is 14.4. The first-order valence-corrected chi connectivity index (χ1v) is 16.8. The van der Waals surface area contributed by atoms with Crippen LogP contribution in [0.4, 0.5) is 10.1 Å². The van der Waals surface area contributed by atoms with Gasteiger partial charge in [0.1, 0.15) is 17.7 Å². The average Bonchev–Trinajstić information content (AvgIpc) is 3.74. The molecule has 6 rings (SSSR count). The largest absolute Gasteiger partial charge is 0.466 e. The third-order valence-corrected chi connectivity index (χ3v) is 9.91. The molecule has 0 radical (unpaired) electrons. The van der Waals surface area contributed by atoms with Gasteiger partial charge in [0.2, 0.25) is 5.85 Å². The lowest BCUT2D eigenvalue weighted by Gasteiger charge is -2.55. The number of likely N-dealkylation sites (tertiary alicyclic amines) is 2. The topological polar surface area (TPSA) is 111 Å². The molecule has 0 bridgehead atoms. The summed E-state index contributed by atoms with van der Waals surface area (Å²) in [6.07, 6.45) is 5.03. The van der Waals surface area contributed by atoms with Crippen LogP contribution in [-0.2, 0) is 30.2 Å². The Balaban J connectivity index is 1.23. The van der Waals surface area contributed by atoms with Crippen molar-refractivity contribution in [2.75, 3.05) is 45.2 Å². The number of fused-ring (bicyclic) bond motifs is 1. The molecule has 2 aromatic carbocycles. The molecule has 3 aliphatic rings. The number of benzene rings is 2. The predicted molar refractivity (Wildman–Crippen MR) is 174 cm³/mol. The van der Waals surface area contributed by atoms with E-state index in [9.17, 15) is 14.4 Å². The SMILES string of the molecule is CCOC(=O)C1CCC(OC(C(=O)Cc2cc(Cl)c(NC(=O)c3coc4ccccc34)cc2F)(N2CCCC2)N2CC(OC)C2)CC1. The number of anilines is 1. The van der Waals surface area contributed by atoms with E-state index in [1.54, 1.807) is 38.3 Å². The minimum Gasteiger partial charge on any atom is -0.466 e. The Morgan fingerprint density at radius 2 is 1.77 bits per heavy atom. The first-order chi connectivity index (χ1) is 22.7. The van der Waals surface area contributed by atoms with Gasteiger partial charge in [-0.3, -0.25) is 24.2 Å². The number of hydrogen-bond acceptors (Lipinski definition) is 9. The summed E-state index contributed by atoms with van der Waals surface area (Å²) < 4.78 is 38.9. The van der Waals surface area contributed by atoms with Crippen molar-refractivity contribution in [3.63, 3.8) is 0 Å². The lowest BCUT2D eigenvalue weighted by Crippen LogP contribution is -2.74. The molecular formula is C35H41ClFN3O7. The van der Waals surface area contributed by atoms with E-state index in [0.717, 1.165) is 18.9 Å². The zero-order valence-electron chi connectivity index (χ0n) is 26.8. The van der Waals surface area contributed by atoms with E-state index in [4.69, 9.17) is 30.2 Å². The van der Waals surface area contributed by atoms with E-state index in [1.165, 1.54) is 12.3 Å². The summed E-state index contributed by atoms with van der Waals surface area (Å²) in [5, 5.41) is 3.40. The molecular weight excluding hydrogens is 629 g/mol. The quantitative estimate of drug-likeness (QED) is 0.239. The minimum atomic E-state index is -1.42. The van der Waals surface area contributed by atoms with Gasteiger partial charge in [-0.15, -0.1) is 0 Å². The van der Waals surface area contributed by atoms with Crippen LogP contribution in [0.2, 0.25) is 5.02 Å². The number of carbonyl (C=O) groups is 3. The van der Waals surface area contributed by atoms with Gasteiger partial charge in [-0.25, -0.2) is 4.39 Å². The van der Waals surface area contributed by atoms with Gasteiger partial charge in [0.25, 0.3) is 5.91 Å². The summed E-state index contributed by atoms with van der Waals surface area (Å²) in [4.78, 5) is 44.1. The zero-order valence-corrected chi connectivity index (χ0v) is 27.5. The second-order valence-corrected chi connectivity index (χ2v) is 12.9. The number of rotatable bonds is 12. The summed E-state index contributed by atoms with van der Waals surface area (Å²) in [6, 6.07) is 9.65. The highest BCUT2D eigenvalue weighted by molar-refractivity contribution is 6.34. The predicted octanol–water partition coefficient (Wildman–Crippen LogP) is 5.81. The molecule has 1 aromatic heterocycles. The highest BCUT2D eigenvalue weighted by Crippen LogP contribution is 2.39. The van der Waals surface area contributed by atoms with Gasteiger partial charge >= 0.3 is 5.97 Å². The lowest BCUT2D eigenvalue weighted by molar-refractivity contribution is -0.282. The standard InChI is InChI=1S/C35H41ClFN3O7/c1-3-45-34(43)22-10-12-24(13-11-22)47-35(39-14-6-7-15-39,40-19-25(20-40)44-2)32(41)17-23-16-28(36)30(18-29(23)37)38-33(42)27-21-46-31-9-5-4-8-26(27)31/h4-5,8-9,16,18,21-22,24-25H,3,6-7,10-15,17,19-20H2,1-2H3,(H,38,42). The molecule has 2 aliphatic heterocycles. The summed E-state index contributed by atoms with van der Waals surface area (Å²) in [5.74, 6) is -3.25. The van der Waals surface area contributed by atoms with E-state index in [-0.39, 0.29) is 52.6 Å². The van der Waals surface area contributed by atoms with Crippen LogP contribution in [0, 0.1) is 11.7 Å². The number of esters is 1. The number of halogens is 2. The molecule has 1 N–H and O–H groups in total. The molecule has 1 amide bonds. The Morgan fingerprint density at radius 1 is 1.04 bits per heavy atom. The van der Waals surface area contributed by atoms with Gasteiger partial charge in [0.15, 0.2) is 5.78 Å². The third-order valence-electron chi connectivity index (χ3n) is 9.59. The first-order valence-electron chi connectivity index (χ1n) is 16.4. The fraction of sp³-hybridized carbons (Fsp3) is 0.514. The van der Waals surface area contributed by atoms with Crippen molar-refractivity contribution in [2.45, 2.75) is 69.9 Å². The number of nitrogens with one attached hydrogen (secondary N) is 1. The van der Waals surface area contributed by atoms with Crippen molar-refractivity contribution in [1.82, 2.24) is 9.80 Å². The summed E-state index contributed by atoms with van der Waals surface area (Å²) in [7, 11) is 1.64. The van der Waals surface area contributed by atoms with Crippen molar-refractivity contribution in [3.8, 4) is 0 Å². The van der Waals surface area contributed by atoms with Crippen LogP contribution in [0.5, 0.6) is 0 Å². The van der Waals surface area contributed by atoms with Crippen molar-refractivity contribution in [2.24, 2.45) is 5.92 Å². The smallest absolute Gasteiger partial charge is 0.308 e. The number of hydrogen-bond donors (Lipinski definition) is 1. The van der Waals surface area contributed by atoms with E-state index >= 15 is 4.39 Å². The summed E-state index contributed by atoms with van der Waals surface area (Å²) in [5.41, 5.74) is 1.04. The van der Waals surface area contributed by atoms with Crippen molar-refractivity contribution >= 4 is 45.9 Å². The van der Waals surface area contributed by atoms with Gasteiger partial charge in [-0.05, 0) is 69.2 Å². The van der Waals surface area contributed by atoms with E-state index in [0.29, 0.717) is 75.0 Å². The number of nitrogens with zero attached hydrogens (tertiary/aromatic N) is 2. The molecule has 0 spiro atoms. The van der Waals surface area contributed by atoms with Crippen LogP contribution in [-0.4, -0.2) is 85.4 Å². The molecule has 47 heavy (non-hydrogen) atoms. The molecule has 252 valence electrons. The number of ether oxygens (including phenoxy) is 3. The molecule has 2 saturated heterocycles. The molecule has 3 aromatic rings. The number of carbonyl (C=O) groups excluding carboxylic acids is 3. The van der Waals surface area contributed by atoms with Crippen molar-refractivity contribution < 1.29 is 37.4 Å². The highest BCUT2D eigenvalue weighted by atomic mass is 35.5. The van der Waals surface area contributed by atoms with Gasteiger partial charge in [0.05, 0.1) is 41.0 Å². The van der Waals surface area contributed by atoms with Crippen LogP contribution < -0.4 is 5.32 Å². The maximum atomic E-state index is 15.7. The maximum Gasteiger partial charge on any atom is 0.308 e. The van der Waals surface area contributed by atoms with Gasteiger partial charge in [0, 0.05) is 45.1 Å². The fourth-order valence-corrected chi connectivity index (χ4v) is 7.22. The molecule has 1 saturated carbocycles. The van der Waals surface area contributed by atoms with Crippen molar-refractivity contribution in [3.05, 3.63) is 64.6 Å². The Kier molecular flexibility index (Phi) is 10.3. The zero-order chi connectivity index (χ0) is 33.1. The Labute approximate surface area is 278 Å². The van der Waals surface area contributed by atoms with E-state index in [2.05, 4.69) is 10.2 Å². The number of Topliss-reactive ketones (excluding diaryl/α,β-unsaturated/α-hetero) is 1. The normalized spacial score (nSPS) is 22.1. The van der Waals surface area contributed by atoms with E-state index in [1.807, 2.05) is 4.90 Å². The number of methoxy groups -OCH3 is 1. The highest BCUT2D eigenvalue weighted by Gasteiger charge is 2.56. The van der Waals surface area contributed by atoms with Crippen LogP contribution in [0.3, 0.4) is 0 Å². The number of amides is 1. The molecule has 3 fully saturated rings. The van der Waals surface area contributed by atoms with Gasteiger partial charge < -0.3 is 23.9 Å². The summed E-state index contributed by atoms with van der Waals surface area (Å²) >= 11 is 6.58. The van der Waals surface area contributed by atoms with Crippen LogP contribution in [0.25, 0.3) is 11.0 Å². The molecule has 10 nitrogen and oxygen atoms in total. The number of para-hydroxylation sites is 1. The average molecular weight is 670 g/mol. The Morgan fingerprint density at radius 3 is 2.47 bits per heavy atom. The van der Waals surface area contributed by atoms with Crippen LogP contribution >= 0.6 is 11.6 Å². The van der Waals surface area contributed by atoms with Gasteiger partial charge in [-0.2, -0.15) is 0 Å². The Hall–Kier alpha value is -3.35. The van der Waals surface area contributed by atoms with Crippen molar-refractivity contribution in [1.29, 1.82) is 0 Å². The number of ketones is 1. The molecule has 3 heterocycles. The summed E-state index contributed by atoms with van der Waals surface area (Å²) in [6.45, 7) is 4.45. The monoisotopic (exact) mass is 669 g/mol. The fourth-order valence-electron chi connectivity index (χ4n) is 6.98.